The Morgan fingerprint density at radius 2 is 2.15 bits per heavy atom. The highest BCUT2D eigenvalue weighted by atomic mass is 35.5. The molecular formula is C17H14Cl2N4O2S. The van der Waals surface area contributed by atoms with Crippen LogP contribution in [0.3, 0.4) is 0 Å². The van der Waals surface area contributed by atoms with Gasteiger partial charge in [-0.25, -0.2) is 9.55 Å². The molecule has 0 saturated heterocycles. The summed E-state index contributed by atoms with van der Waals surface area (Å²) in [5.41, 5.74) is 0.271. The fourth-order valence-electron chi connectivity index (χ4n) is 3.39. The van der Waals surface area contributed by atoms with Crippen LogP contribution < -0.4 is 20.1 Å². The maximum Gasteiger partial charge on any atom is 0.362 e. The Kier molecular flexibility index (Phi) is 4.17. The third-order valence-electron chi connectivity index (χ3n) is 4.50. The van der Waals surface area contributed by atoms with Crippen LogP contribution >= 0.6 is 34.5 Å². The van der Waals surface area contributed by atoms with Crippen LogP contribution in [0.15, 0.2) is 35.3 Å². The Labute approximate surface area is 163 Å². The smallest absolute Gasteiger partial charge is 0.362 e. The number of halogens is 2. The second-order valence-corrected chi connectivity index (χ2v) is 8.22. The van der Waals surface area contributed by atoms with Crippen molar-refractivity contribution in [3.05, 3.63) is 55.2 Å². The van der Waals surface area contributed by atoms with Crippen molar-refractivity contribution in [2.24, 2.45) is 7.05 Å². The molecule has 9 heteroatoms. The molecule has 26 heavy (non-hydrogen) atoms. The lowest BCUT2D eigenvalue weighted by Crippen LogP contribution is -2.44. The van der Waals surface area contributed by atoms with Crippen molar-refractivity contribution >= 4 is 40.5 Å². The van der Waals surface area contributed by atoms with E-state index in [1.807, 2.05) is 11.9 Å². The predicted molar refractivity (Wildman–Crippen MR) is 100 cm³/mol. The summed E-state index contributed by atoms with van der Waals surface area (Å²) in [6.45, 7) is 0.556. The zero-order valence-corrected chi connectivity index (χ0v) is 16.3. The molecular weight excluding hydrogens is 395 g/mol. The van der Waals surface area contributed by atoms with Crippen LogP contribution in [0.1, 0.15) is 10.9 Å². The Morgan fingerprint density at radius 1 is 1.38 bits per heavy atom. The van der Waals surface area contributed by atoms with Gasteiger partial charge < -0.3 is 5.11 Å². The Morgan fingerprint density at radius 3 is 2.81 bits per heavy atom. The Balaban J connectivity index is 2.01. The van der Waals surface area contributed by atoms with Gasteiger partial charge in [-0.05, 0) is 17.7 Å². The number of nitrogens with zero attached hydrogens (tertiary/aromatic N) is 4. The van der Waals surface area contributed by atoms with Crippen LogP contribution in [0.2, 0.25) is 9.49 Å². The van der Waals surface area contributed by atoms with Crippen molar-refractivity contribution in [1.82, 2.24) is 9.55 Å². The molecule has 1 aliphatic rings. The van der Waals surface area contributed by atoms with Gasteiger partial charge in [0.1, 0.15) is 6.54 Å². The number of anilines is 1. The number of benzene rings is 1. The van der Waals surface area contributed by atoms with Crippen LogP contribution in [-0.2, 0) is 7.05 Å². The highest BCUT2D eigenvalue weighted by Crippen LogP contribution is 2.35. The Hall–Kier alpha value is -2.09. The molecule has 4 rings (SSSR count). The number of aromatic nitrogens is 3. The summed E-state index contributed by atoms with van der Waals surface area (Å²) in [6, 6.07) is 6.52. The zero-order chi connectivity index (χ0) is 18.6. The van der Waals surface area contributed by atoms with E-state index in [1.54, 1.807) is 42.1 Å². The molecule has 0 saturated carbocycles. The fraction of sp³-hybridized carbons (Fsp3) is 0.235. The van der Waals surface area contributed by atoms with E-state index in [1.165, 1.54) is 15.9 Å². The van der Waals surface area contributed by atoms with Crippen molar-refractivity contribution in [3.8, 4) is 17.0 Å². The van der Waals surface area contributed by atoms with E-state index in [9.17, 15) is 9.90 Å². The molecule has 0 amide bonds. The summed E-state index contributed by atoms with van der Waals surface area (Å²) in [7, 11) is 3.52. The average Bonchev–Trinajstić information content (AvgIpc) is 3.16. The molecule has 3 aromatic rings. The largest absolute Gasteiger partial charge is 0.848 e. The second kappa shape index (κ2) is 6.26. The third kappa shape index (κ3) is 2.58. The number of likely N-dealkylation sites (N-methyl/N-ethyl adjacent to an activating group) is 1. The van der Waals surface area contributed by atoms with Gasteiger partial charge in [0, 0.05) is 17.1 Å². The van der Waals surface area contributed by atoms with E-state index in [0.717, 1.165) is 4.88 Å². The number of rotatable bonds is 2. The van der Waals surface area contributed by atoms with Crippen LogP contribution in [0.4, 0.5) is 5.95 Å². The average molecular weight is 409 g/mol. The van der Waals surface area contributed by atoms with Gasteiger partial charge in [-0.15, -0.1) is 11.3 Å². The molecule has 0 unspecified atom stereocenters. The third-order valence-corrected chi connectivity index (χ3v) is 5.95. The van der Waals surface area contributed by atoms with Crippen molar-refractivity contribution in [2.75, 3.05) is 18.5 Å². The second-order valence-electron chi connectivity index (χ2n) is 6.14. The zero-order valence-electron chi connectivity index (χ0n) is 13.9. The summed E-state index contributed by atoms with van der Waals surface area (Å²) in [5, 5.41) is 13.4. The van der Waals surface area contributed by atoms with E-state index in [2.05, 4.69) is 4.98 Å². The predicted octanol–water partition coefficient (Wildman–Crippen LogP) is 2.22. The first-order valence-electron chi connectivity index (χ1n) is 7.82. The van der Waals surface area contributed by atoms with Crippen molar-refractivity contribution < 1.29 is 9.67 Å². The summed E-state index contributed by atoms with van der Waals surface area (Å²) < 4.78 is 3.56. The number of hydrogen-bond donors (Lipinski definition) is 0. The van der Waals surface area contributed by atoms with E-state index in [4.69, 9.17) is 23.2 Å². The monoisotopic (exact) mass is 408 g/mol. The lowest BCUT2D eigenvalue weighted by Gasteiger charge is -2.18. The van der Waals surface area contributed by atoms with E-state index in [0.29, 0.717) is 27.5 Å². The van der Waals surface area contributed by atoms with Gasteiger partial charge in [0.05, 0.1) is 24.5 Å². The molecule has 134 valence electrons. The topological polar surface area (TPSA) is 65.1 Å². The minimum atomic E-state index is -0.349. The first-order valence-corrected chi connectivity index (χ1v) is 9.39. The first-order chi connectivity index (χ1) is 12.4. The van der Waals surface area contributed by atoms with Crippen LogP contribution in [0.25, 0.3) is 11.1 Å². The molecule has 1 aromatic carbocycles. The van der Waals surface area contributed by atoms with Crippen LogP contribution in [0.5, 0.6) is 5.88 Å². The van der Waals surface area contributed by atoms with Gasteiger partial charge in [0.15, 0.2) is 10.5 Å². The Bertz CT molecular complexity index is 1080. The molecule has 1 atom stereocenters. The minimum Gasteiger partial charge on any atom is -0.848 e. The van der Waals surface area contributed by atoms with E-state index in [-0.39, 0.29) is 23.0 Å². The SMILES string of the molecule is CN1C[C@H](c2cnc(Cl)s2)n2c1[n+](C)c([O-])c(-c1cccc(Cl)c1)c2=O. The molecule has 6 nitrogen and oxygen atoms in total. The molecule has 1 aliphatic heterocycles. The van der Waals surface area contributed by atoms with Gasteiger partial charge in [-0.1, -0.05) is 35.3 Å². The van der Waals surface area contributed by atoms with Gasteiger partial charge in [0.25, 0.3) is 0 Å². The molecule has 0 aliphatic carbocycles. The van der Waals surface area contributed by atoms with Crippen LogP contribution in [-0.4, -0.2) is 23.1 Å². The number of fused-ring (bicyclic) bond motifs is 1. The summed E-state index contributed by atoms with van der Waals surface area (Å²) >= 11 is 13.4. The van der Waals surface area contributed by atoms with E-state index >= 15 is 0 Å². The quantitative estimate of drug-likeness (QED) is 0.609. The molecule has 0 spiro atoms. The number of hydrogen-bond acceptors (Lipinski definition) is 5. The highest BCUT2D eigenvalue weighted by Gasteiger charge is 2.40. The molecule has 0 radical (unpaired) electrons. The summed E-state index contributed by atoms with van der Waals surface area (Å²) in [6.07, 6.45) is 1.68. The van der Waals surface area contributed by atoms with Crippen LogP contribution in [0, 0.1) is 0 Å². The number of thiazole rings is 1. The van der Waals surface area contributed by atoms with Gasteiger partial charge >= 0.3 is 11.5 Å². The fourth-order valence-corrected chi connectivity index (χ4v) is 4.62. The summed E-state index contributed by atoms with van der Waals surface area (Å²) in [4.78, 5) is 20.2. The van der Waals surface area contributed by atoms with Gasteiger partial charge in [-0.3, -0.25) is 9.69 Å². The minimum absolute atomic E-state index is 0.106. The van der Waals surface area contributed by atoms with Gasteiger partial charge in [0.2, 0.25) is 0 Å². The van der Waals surface area contributed by atoms with Crippen molar-refractivity contribution in [1.29, 1.82) is 0 Å². The van der Waals surface area contributed by atoms with Crippen molar-refractivity contribution in [2.45, 2.75) is 6.04 Å². The first kappa shape index (κ1) is 17.3. The maximum absolute atomic E-state index is 13.3. The normalized spacial score (nSPS) is 16.2. The standard InChI is InChI=1S/C17H14Cl2N4O2S/c1-21-8-11(12-7-20-16(19)26-12)23-15(25)13(14(24)22(2)17(21)23)9-4-3-5-10(18)6-9/h3-7,11H,8H2,1-2H3/t11-/m1/s1. The maximum atomic E-state index is 13.3. The lowest BCUT2D eigenvalue weighted by atomic mass is 10.1. The molecule has 0 N–H and O–H groups in total. The molecule has 3 heterocycles. The molecule has 2 aromatic heterocycles. The molecule has 0 bridgehead atoms. The summed E-state index contributed by atoms with van der Waals surface area (Å²) in [5.74, 6) is 0.207. The van der Waals surface area contributed by atoms with Crippen molar-refractivity contribution in [3.63, 3.8) is 0 Å². The molecule has 0 fully saturated rings. The lowest BCUT2D eigenvalue weighted by molar-refractivity contribution is -0.705. The highest BCUT2D eigenvalue weighted by molar-refractivity contribution is 7.15. The van der Waals surface area contributed by atoms with E-state index < -0.39 is 0 Å². The van der Waals surface area contributed by atoms with Gasteiger partial charge in [-0.2, -0.15) is 4.57 Å².